The van der Waals surface area contributed by atoms with Crippen LogP contribution >= 0.6 is 0 Å². The minimum Gasteiger partial charge on any atom is -0.480 e. The zero-order chi connectivity index (χ0) is 26.6. The van der Waals surface area contributed by atoms with Crippen LogP contribution < -0.4 is 0 Å². The van der Waals surface area contributed by atoms with Gasteiger partial charge in [-0.1, -0.05) is 0 Å². The molecule has 2 heterocycles. The van der Waals surface area contributed by atoms with Gasteiger partial charge in [0.05, 0.1) is 13.2 Å². The van der Waals surface area contributed by atoms with Gasteiger partial charge in [0.2, 0.25) is 6.10 Å². The number of carbonyl (C=O) groups is 5. The molecule has 1 N–H and O–H groups in total. The smallest absolute Gasteiger partial charge is 0.317 e. The summed E-state index contributed by atoms with van der Waals surface area (Å²) < 4.78 is 10.3. The normalized spacial score (nSPS) is 28.9. The van der Waals surface area contributed by atoms with E-state index in [0.717, 1.165) is 65.0 Å². The first kappa shape index (κ1) is 29.2. The Bertz CT molecular complexity index is 791. The Labute approximate surface area is 218 Å². The highest BCUT2D eigenvalue weighted by molar-refractivity contribution is 6.12. The Kier molecular flexibility index (Phi) is 11.9. The molecule has 3 aliphatic rings. The third-order valence-corrected chi connectivity index (χ3v) is 7.62. The molecular weight excluding hydrogens is 482 g/mol. The minimum absolute atomic E-state index is 0.0207. The summed E-state index contributed by atoms with van der Waals surface area (Å²) in [5.74, 6) is -1.51. The van der Waals surface area contributed by atoms with Gasteiger partial charge in [-0.2, -0.15) is 0 Å². The van der Waals surface area contributed by atoms with Crippen LogP contribution in [0, 0.1) is 11.8 Å². The summed E-state index contributed by atoms with van der Waals surface area (Å²) in [7, 11) is 0. The molecule has 4 atom stereocenters. The maximum atomic E-state index is 12.5. The van der Waals surface area contributed by atoms with Gasteiger partial charge in [0.25, 0.3) is 6.47 Å². The summed E-state index contributed by atoms with van der Waals surface area (Å²) >= 11 is 0. The van der Waals surface area contributed by atoms with Crippen LogP contribution in [0.3, 0.4) is 0 Å². The van der Waals surface area contributed by atoms with E-state index in [4.69, 9.17) is 9.47 Å². The first-order valence-electron chi connectivity index (χ1n) is 13.5. The minimum atomic E-state index is -1.23. The summed E-state index contributed by atoms with van der Waals surface area (Å²) in [5.41, 5.74) is 0. The number of ether oxygens (including phenoxy) is 2. The molecule has 2 saturated heterocycles. The van der Waals surface area contributed by atoms with Crippen LogP contribution in [0.25, 0.3) is 0 Å². The van der Waals surface area contributed by atoms with Crippen molar-refractivity contribution in [3.8, 4) is 0 Å². The van der Waals surface area contributed by atoms with Crippen LogP contribution in [0.5, 0.6) is 0 Å². The Hall–Kier alpha value is -2.37. The molecule has 0 aromatic carbocycles. The number of fused-ring (bicyclic) bond motifs is 4. The zero-order valence-corrected chi connectivity index (χ0v) is 21.7. The number of carbonyl (C=O) groups excluding carboxylic acids is 4. The van der Waals surface area contributed by atoms with Crippen molar-refractivity contribution >= 4 is 30.0 Å². The molecule has 0 spiro atoms. The fourth-order valence-electron chi connectivity index (χ4n) is 5.61. The maximum Gasteiger partial charge on any atom is 0.317 e. The standard InChI is InChI=1S/C26H41N3O8/c30-19-36-18-20-3-1-9-28-13-14-29(17-24(33)34)11-2-10-27(12-8-20)15-21(16-28)4-7-25(35)37-26-22(31)5-6-23(26)32/h19-21,26H,1-18H2,(H,33,34). The first-order valence-corrected chi connectivity index (χ1v) is 13.5. The van der Waals surface area contributed by atoms with E-state index < -0.39 is 18.0 Å². The molecule has 3 rings (SSSR count). The number of carboxylic acids is 1. The molecular formula is C26H41N3O8. The molecule has 2 aliphatic heterocycles. The van der Waals surface area contributed by atoms with Crippen molar-refractivity contribution in [1.82, 2.24) is 14.7 Å². The second-order valence-electron chi connectivity index (χ2n) is 10.6. The average molecular weight is 524 g/mol. The van der Waals surface area contributed by atoms with Crippen LogP contribution in [0.4, 0.5) is 0 Å². The Morgan fingerprint density at radius 3 is 2.30 bits per heavy atom. The summed E-state index contributed by atoms with van der Waals surface area (Å²) in [6.07, 6.45) is 3.39. The van der Waals surface area contributed by atoms with Crippen molar-refractivity contribution in [2.24, 2.45) is 11.8 Å². The van der Waals surface area contributed by atoms with Crippen LogP contribution in [0.2, 0.25) is 0 Å². The van der Waals surface area contributed by atoms with E-state index in [0.29, 0.717) is 32.6 Å². The van der Waals surface area contributed by atoms with Gasteiger partial charge in [-0.15, -0.1) is 0 Å². The molecule has 11 heteroatoms. The molecule has 3 fully saturated rings. The highest BCUT2D eigenvalue weighted by Crippen LogP contribution is 2.21. The summed E-state index contributed by atoms with van der Waals surface area (Å²) in [6, 6.07) is 0. The van der Waals surface area contributed by atoms with E-state index in [1.165, 1.54) is 0 Å². The summed E-state index contributed by atoms with van der Waals surface area (Å²) in [6.45, 7) is 7.06. The van der Waals surface area contributed by atoms with E-state index in [2.05, 4.69) is 9.80 Å². The van der Waals surface area contributed by atoms with Gasteiger partial charge in [-0.05, 0) is 63.6 Å². The molecule has 2 bridgehead atoms. The van der Waals surface area contributed by atoms with E-state index in [9.17, 15) is 29.1 Å². The maximum absolute atomic E-state index is 12.5. The third kappa shape index (κ3) is 10.1. The number of aliphatic carboxylic acids is 1. The largest absolute Gasteiger partial charge is 0.480 e. The number of rotatable bonds is 9. The third-order valence-electron chi connectivity index (χ3n) is 7.62. The van der Waals surface area contributed by atoms with Crippen molar-refractivity contribution in [3.63, 3.8) is 0 Å². The molecule has 0 radical (unpaired) electrons. The SMILES string of the molecule is O=COCC1CCCN2CCN(CC(=O)O)CCCN(CC1)CC(CCC(=O)OC1C(=O)CCC1=O)C2. The van der Waals surface area contributed by atoms with Crippen molar-refractivity contribution in [2.45, 2.75) is 57.5 Å². The van der Waals surface area contributed by atoms with Crippen LogP contribution in [-0.4, -0.2) is 121 Å². The second kappa shape index (κ2) is 15.1. The summed E-state index contributed by atoms with van der Waals surface area (Å²) in [5, 5.41) is 9.33. The molecule has 11 nitrogen and oxygen atoms in total. The van der Waals surface area contributed by atoms with Crippen molar-refractivity contribution in [1.29, 1.82) is 0 Å². The Balaban J connectivity index is 1.68. The van der Waals surface area contributed by atoms with Crippen LogP contribution in [0.1, 0.15) is 51.4 Å². The number of carboxylic acid groups (broad SMARTS) is 1. The Morgan fingerprint density at radius 1 is 0.892 bits per heavy atom. The van der Waals surface area contributed by atoms with E-state index in [1.807, 2.05) is 4.90 Å². The lowest BCUT2D eigenvalue weighted by atomic mass is 9.99. The van der Waals surface area contributed by atoms with Gasteiger partial charge in [0.1, 0.15) is 0 Å². The molecule has 0 aromatic rings. The number of esters is 1. The fourth-order valence-corrected chi connectivity index (χ4v) is 5.61. The predicted octanol–water partition coefficient (Wildman–Crippen LogP) is 0.594. The lowest BCUT2D eigenvalue weighted by Gasteiger charge is -2.31. The zero-order valence-electron chi connectivity index (χ0n) is 21.7. The van der Waals surface area contributed by atoms with E-state index >= 15 is 0 Å². The van der Waals surface area contributed by atoms with E-state index in [1.54, 1.807) is 0 Å². The number of hydrogen-bond acceptors (Lipinski definition) is 10. The molecule has 1 aliphatic carbocycles. The average Bonchev–Trinajstić information content (AvgIpc) is 3.14. The number of hydrogen-bond donors (Lipinski definition) is 1. The quantitative estimate of drug-likeness (QED) is 0.259. The number of nitrogens with zero attached hydrogens (tertiary/aromatic N) is 3. The van der Waals surface area contributed by atoms with E-state index in [-0.39, 0.29) is 49.2 Å². The molecule has 1 saturated carbocycles. The van der Waals surface area contributed by atoms with Gasteiger partial charge < -0.3 is 24.4 Å². The fraction of sp³-hybridized carbons (Fsp3) is 0.808. The first-order chi connectivity index (χ1) is 17.8. The second-order valence-corrected chi connectivity index (χ2v) is 10.6. The van der Waals surface area contributed by atoms with Crippen LogP contribution in [0.15, 0.2) is 0 Å². The molecule has 4 unspecified atom stereocenters. The van der Waals surface area contributed by atoms with Gasteiger partial charge in [-0.25, -0.2) is 0 Å². The number of ketones is 2. The van der Waals surface area contributed by atoms with Crippen molar-refractivity contribution in [2.75, 3.05) is 65.5 Å². The van der Waals surface area contributed by atoms with Gasteiger partial charge in [-0.3, -0.25) is 28.9 Å². The Morgan fingerprint density at radius 2 is 1.59 bits per heavy atom. The molecule has 37 heavy (non-hydrogen) atoms. The number of Topliss-reactive ketones (excluding diaryl/α,β-unsaturated/α-hetero) is 2. The predicted molar refractivity (Wildman–Crippen MR) is 133 cm³/mol. The van der Waals surface area contributed by atoms with Crippen molar-refractivity contribution < 1.29 is 38.6 Å². The highest BCUT2D eigenvalue weighted by atomic mass is 16.6. The topological polar surface area (TPSA) is 134 Å². The highest BCUT2D eigenvalue weighted by Gasteiger charge is 2.36. The molecule has 208 valence electrons. The monoisotopic (exact) mass is 523 g/mol. The lowest BCUT2D eigenvalue weighted by molar-refractivity contribution is -0.157. The lowest BCUT2D eigenvalue weighted by Crippen LogP contribution is -2.41. The summed E-state index contributed by atoms with van der Waals surface area (Å²) in [4.78, 5) is 65.1. The van der Waals surface area contributed by atoms with Crippen LogP contribution in [-0.2, 0) is 33.4 Å². The molecule has 0 amide bonds. The van der Waals surface area contributed by atoms with Gasteiger partial charge >= 0.3 is 11.9 Å². The molecule has 0 aromatic heterocycles. The van der Waals surface area contributed by atoms with Crippen molar-refractivity contribution in [3.05, 3.63) is 0 Å². The van der Waals surface area contributed by atoms with Gasteiger partial charge in [0.15, 0.2) is 11.6 Å². The van der Waals surface area contributed by atoms with Gasteiger partial charge in [0, 0.05) is 52.0 Å².